The lowest BCUT2D eigenvalue weighted by Gasteiger charge is -2.31. The van der Waals surface area contributed by atoms with Gasteiger partial charge in [0.15, 0.2) is 0 Å². The van der Waals surface area contributed by atoms with Crippen molar-refractivity contribution >= 4 is 17.8 Å². The van der Waals surface area contributed by atoms with Gasteiger partial charge in [-0.1, -0.05) is 62.7 Å². The third kappa shape index (κ3) is 15.4. The van der Waals surface area contributed by atoms with Gasteiger partial charge in [-0.25, -0.2) is 4.79 Å². The average molecular weight is 742 g/mol. The molecule has 12 heteroatoms. The number of rotatable bonds is 21. The minimum Gasteiger partial charge on any atom is -0.491 e. The van der Waals surface area contributed by atoms with Crippen molar-refractivity contribution < 1.29 is 43.5 Å². The maximum Gasteiger partial charge on any atom is 0.326 e. The summed E-state index contributed by atoms with van der Waals surface area (Å²) in [4.78, 5) is 39.1. The van der Waals surface area contributed by atoms with Crippen LogP contribution >= 0.6 is 0 Å². The zero-order valence-corrected chi connectivity index (χ0v) is 32.5. The molecule has 1 saturated heterocycles. The lowest BCUT2D eigenvalue weighted by atomic mass is 10.0. The molecule has 2 aliphatic rings. The zero-order valence-electron chi connectivity index (χ0n) is 32.5. The normalized spacial score (nSPS) is 19.6. The summed E-state index contributed by atoms with van der Waals surface area (Å²) in [7, 11) is 0. The second-order valence-corrected chi connectivity index (χ2v) is 14.5. The Morgan fingerprint density at radius 1 is 0.943 bits per heavy atom. The van der Waals surface area contributed by atoms with Crippen LogP contribution in [0, 0.1) is 5.92 Å². The SMILES string of the molecule is CC(C)NCC(O)COc1ccc(COCCOC(C)C)cc1.CCOC(=O)[C@H](CCc1ccccc1)N[C@@H](C)C(=O)N1[C@H](C(=O)O)C[C@@H]2CCC[C@@H]21. The summed E-state index contributed by atoms with van der Waals surface area (Å²) >= 11 is 0. The molecule has 0 bridgehead atoms. The van der Waals surface area contributed by atoms with E-state index in [-0.39, 0.29) is 43.2 Å². The van der Waals surface area contributed by atoms with Crippen molar-refractivity contribution in [1.29, 1.82) is 0 Å². The van der Waals surface area contributed by atoms with Gasteiger partial charge in [-0.2, -0.15) is 0 Å². The van der Waals surface area contributed by atoms with E-state index in [2.05, 4.69) is 10.6 Å². The van der Waals surface area contributed by atoms with E-state index in [4.69, 9.17) is 18.9 Å². The Balaban J connectivity index is 0.000000297. The Morgan fingerprint density at radius 2 is 1.66 bits per heavy atom. The molecule has 2 fully saturated rings. The van der Waals surface area contributed by atoms with E-state index in [1.165, 1.54) is 0 Å². The van der Waals surface area contributed by atoms with Crippen molar-refractivity contribution in [2.24, 2.45) is 5.92 Å². The van der Waals surface area contributed by atoms with E-state index in [0.717, 1.165) is 36.1 Å². The molecular formula is C41H63N3O9. The molecule has 2 aromatic rings. The van der Waals surface area contributed by atoms with Crippen molar-refractivity contribution in [1.82, 2.24) is 15.5 Å². The van der Waals surface area contributed by atoms with Crippen LogP contribution in [0.4, 0.5) is 0 Å². The highest BCUT2D eigenvalue weighted by atomic mass is 16.5. The molecule has 0 aromatic heterocycles. The standard InChI is InChI=1S/C23H32N2O5.C18H31NO4/c1-3-30-23(29)18(13-12-16-8-5-4-6-9-16)24-15(2)21(26)25-19-11-7-10-17(19)14-20(25)22(27)28;1-14(2)19-11-17(20)13-23-18-7-5-16(6-8-18)12-21-9-10-22-15(3)4/h4-6,8-9,15,17-20,24H,3,7,10-14H2,1-2H3,(H,27,28);5-8,14-15,17,19-20H,9-13H2,1-4H3/t15-,17-,18-,19-,20-;/m0./s1. The zero-order chi connectivity index (χ0) is 38.8. The number of carboxylic acid groups (broad SMARTS) is 1. The van der Waals surface area contributed by atoms with Crippen molar-refractivity contribution in [2.75, 3.05) is 33.0 Å². The molecular weight excluding hydrogens is 678 g/mol. The Morgan fingerprint density at radius 3 is 2.30 bits per heavy atom. The van der Waals surface area contributed by atoms with Gasteiger partial charge >= 0.3 is 11.9 Å². The number of aliphatic carboxylic acids is 1. The summed E-state index contributed by atoms with van der Waals surface area (Å²) in [5.41, 5.74) is 2.19. The van der Waals surface area contributed by atoms with Gasteiger partial charge in [0.1, 0.15) is 30.5 Å². The van der Waals surface area contributed by atoms with Crippen LogP contribution in [0.5, 0.6) is 5.75 Å². The number of hydrogen-bond acceptors (Lipinski definition) is 10. The highest BCUT2D eigenvalue weighted by molar-refractivity contribution is 5.88. The minimum absolute atomic E-state index is 0.00629. The Kier molecular flexibility index (Phi) is 19.3. The number of aliphatic hydroxyl groups excluding tert-OH is 1. The fourth-order valence-electron chi connectivity index (χ4n) is 6.73. The number of carbonyl (C=O) groups is 3. The quantitative estimate of drug-likeness (QED) is 0.104. The molecule has 6 atom stereocenters. The van der Waals surface area contributed by atoms with Gasteiger partial charge in [-0.15, -0.1) is 0 Å². The van der Waals surface area contributed by atoms with Crippen LogP contribution in [-0.4, -0.2) is 108 Å². The van der Waals surface area contributed by atoms with Crippen molar-refractivity contribution in [3.8, 4) is 5.75 Å². The molecule has 1 aliphatic carbocycles. The van der Waals surface area contributed by atoms with E-state index in [0.29, 0.717) is 51.7 Å². The smallest absolute Gasteiger partial charge is 0.326 e. The molecule has 4 N–H and O–H groups in total. The number of amides is 1. The van der Waals surface area contributed by atoms with Gasteiger partial charge in [0.25, 0.3) is 0 Å². The van der Waals surface area contributed by atoms with E-state index in [9.17, 15) is 24.6 Å². The number of ether oxygens (including phenoxy) is 4. The van der Waals surface area contributed by atoms with E-state index in [1.807, 2.05) is 82.3 Å². The summed E-state index contributed by atoms with van der Waals surface area (Å²) in [6.07, 6.45) is 4.26. The highest BCUT2D eigenvalue weighted by Gasteiger charge is 2.49. The first-order valence-corrected chi connectivity index (χ1v) is 19.2. The van der Waals surface area contributed by atoms with Crippen molar-refractivity contribution in [2.45, 2.75) is 129 Å². The molecule has 1 aliphatic heterocycles. The van der Waals surface area contributed by atoms with Gasteiger partial charge < -0.3 is 39.4 Å². The van der Waals surface area contributed by atoms with Gasteiger partial charge in [0, 0.05) is 18.6 Å². The van der Waals surface area contributed by atoms with Crippen LogP contribution in [0.25, 0.3) is 0 Å². The molecule has 12 nitrogen and oxygen atoms in total. The van der Waals surface area contributed by atoms with Gasteiger partial charge in [0.2, 0.25) is 5.91 Å². The number of carbonyl (C=O) groups excluding carboxylic acids is 2. The fraction of sp³-hybridized carbons (Fsp3) is 0.634. The van der Waals surface area contributed by atoms with E-state index >= 15 is 0 Å². The lowest BCUT2D eigenvalue weighted by molar-refractivity contribution is -0.151. The summed E-state index contributed by atoms with van der Waals surface area (Å²) in [6, 6.07) is 15.8. The first kappa shape index (κ1) is 43.9. The van der Waals surface area contributed by atoms with E-state index < -0.39 is 30.2 Å². The fourth-order valence-corrected chi connectivity index (χ4v) is 6.73. The second kappa shape index (κ2) is 23.3. The van der Waals surface area contributed by atoms with Crippen molar-refractivity contribution in [3.05, 3.63) is 65.7 Å². The third-order valence-corrected chi connectivity index (χ3v) is 9.41. The Bertz CT molecular complexity index is 1360. The van der Waals surface area contributed by atoms with Crippen LogP contribution in [0.2, 0.25) is 0 Å². The summed E-state index contributed by atoms with van der Waals surface area (Å²) in [5, 5.41) is 25.7. The molecule has 1 heterocycles. The number of fused-ring (bicyclic) bond motifs is 1. The van der Waals surface area contributed by atoms with Gasteiger partial charge in [-0.3, -0.25) is 14.9 Å². The topological polar surface area (TPSA) is 156 Å². The van der Waals surface area contributed by atoms with Crippen LogP contribution in [0.15, 0.2) is 54.6 Å². The number of benzene rings is 2. The molecule has 2 aromatic carbocycles. The van der Waals surface area contributed by atoms with Crippen LogP contribution in [0.3, 0.4) is 0 Å². The number of nitrogens with one attached hydrogen (secondary N) is 2. The first-order valence-electron chi connectivity index (χ1n) is 19.2. The molecule has 1 unspecified atom stereocenters. The second-order valence-electron chi connectivity index (χ2n) is 14.5. The van der Waals surface area contributed by atoms with Crippen molar-refractivity contribution in [3.63, 3.8) is 0 Å². The predicted molar refractivity (Wildman–Crippen MR) is 204 cm³/mol. The van der Waals surface area contributed by atoms with Crippen LogP contribution in [-0.2, 0) is 41.6 Å². The molecule has 296 valence electrons. The van der Waals surface area contributed by atoms with Crippen LogP contribution < -0.4 is 15.4 Å². The third-order valence-electron chi connectivity index (χ3n) is 9.41. The summed E-state index contributed by atoms with van der Waals surface area (Å²) < 4.78 is 21.7. The number of nitrogens with zero attached hydrogens (tertiary/aromatic N) is 1. The first-order chi connectivity index (χ1) is 25.4. The Hall–Kier alpha value is -3.55. The van der Waals surface area contributed by atoms with Gasteiger partial charge in [-0.05, 0) is 89.0 Å². The predicted octanol–water partition coefficient (Wildman–Crippen LogP) is 4.75. The Labute approximate surface area is 315 Å². The number of esters is 1. The maximum atomic E-state index is 13.2. The minimum atomic E-state index is -0.948. The summed E-state index contributed by atoms with van der Waals surface area (Å²) in [6.45, 7) is 14.4. The molecule has 0 radical (unpaired) electrons. The largest absolute Gasteiger partial charge is 0.491 e. The number of likely N-dealkylation sites (tertiary alicyclic amines) is 1. The molecule has 1 saturated carbocycles. The van der Waals surface area contributed by atoms with Crippen LogP contribution in [0.1, 0.15) is 84.8 Å². The number of hydrogen-bond donors (Lipinski definition) is 4. The molecule has 53 heavy (non-hydrogen) atoms. The lowest BCUT2D eigenvalue weighted by Crippen LogP contribution is -2.55. The number of aryl methyl sites for hydroxylation is 1. The van der Waals surface area contributed by atoms with E-state index in [1.54, 1.807) is 18.7 Å². The average Bonchev–Trinajstić information content (AvgIpc) is 3.74. The van der Waals surface area contributed by atoms with Gasteiger partial charge in [0.05, 0.1) is 38.6 Å². The molecule has 4 rings (SSSR count). The molecule has 0 spiro atoms. The highest BCUT2D eigenvalue weighted by Crippen LogP contribution is 2.41. The molecule has 1 amide bonds. The number of aliphatic hydroxyl groups is 1. The monoisotopic (exact) mass is 741 g/mol. The maximum absolute atomic E-state index is 13.2. The summed E-state index contributed by atoms with van der Waals surface area (Å²) in [5.74, 6) is -0.563. The number of carboxylic acids is 1.